The van der Waals surface area contributed by atoms with E-state index in [1.807, 2.05) is 78.9 Å². The highest BCUT2D eigenvalue weighted by Gasteiger charge is 2.40. The minimum atomic E-state index is -0.816. The number of ether oxygens (including phenoxy) is 2. The van der Waals surface area contributed by atoms with Crippen molar-refractivity contribution in [2.75, 3.05) is 13.7 Å². The van der Waals surface area contributed by atoms with Crippen molar-refractivity contribution in [3.8, 4) is 5.75 Å². The minimum absolute atomic E-state index is 0.0946. The van der Waals surface area contributed by atoms with Crippen LogP contribution >= 0.6 is 15.9 Å². The van der Waals surface area contributed by atoms with Crippen LogP contribution in [-0.4, -0.2) is 25.7 Å². The zero-order valence-electron chi connectivity index (χ0n) is 18.9. The lowest BCUT2D eigenvalue weighted by Gasteiger charge is -2.39. The highest BCUT2D eigenvalue weighted by Crippen LogP contribution is 2.37. The summed E-state index contributed by atoms with van der Waals surface area (Å²) in [6.07, 6.45) is 0. The Morgan fingerprint density at radius 1 is 0.794 bits per heavy atom. The SMILES string of the molecule is COC(=O)C(COc1cccc(Br)c1)NC(c1ccccc1)(c1ccccc1)c1ccccc1. The zero-order chi connectivity index (χ0) is 23.8. The first-order valence-corrected chi connectivity index (χ1v) is 11.8. The van der Waals surface area contributed by atoms with Gasteiger partial charge in [-0.15, -0.1) is 0 Å². The van der Waals surface area contributed by atoms with E-state index in [1.54, 1.807) is 0 Å². The number of nitrogens with one attached hydrogen (secondary N) is 1. The zero-order valence-corrected chi connectivity index (χ0v) is 20.4. The monoisotopic (exact) mass is 515 g/mol. The van der Waals surface area contributed by atoms with Gasteiger partial charge in [0.15, 0.2) is 0 Å². The fourth-order valence-corrected chi connectivity index (χ4v) is 4.50. The van der Waals surface area contributed by atoms with Gasteiger partial charge in [-0.2, -0.15) is 0 Å². The number of hydrogen-bond donors (Lipinski definition) is 1. The van der Waals surface area contributed by atoms with Crippen LogP contribution in [0.15, 0.2) is 120 Å². The topological polar surface area (TPSA) is 47.6 Å². The third kappa shape index (κ3) is 5.22. The van der Waals surface area contributed by atoms with Crippen LogP contribution in [0.2, 0.25) is 0 Å². The highest BCUT2D eigenvalue weighted by molar-refractivity contribution is 9.10. The van der Waals surface area contributed by atoms with Crippen molar-refractivity contribution in [1.29, 1.82) is 0 Å². The standard InChI is InChI=1S/C29H26BrNO3/c1-33-28(32)27(21-34-26-19-11-18-25(30)20-26)31-29(22-12-5-2-6-13-22,23-14-7-3-8-15-23)24-16-9-4-10-17-24/h2-20,27,31H,21H2,1H3. The maximum absolute atomic E-state index is 13.0. The van der Waals surface area contributed by atoms with Gasteiger partial charge in [0.1, 0.15) is 18.4 Å². The predicted molar refractivity (Wildman–Crippen MR) is 138 cm³/mol. The van der Waals surface area contributed by atoms with Crippen LogP contribution in [0.5, 0.6) is 5.75 Å². The molecular weight excluding hydrogens is 490 g/mol. The maximum Gasteiger partial charge on any atom is 0.326 e. The van der Waals surface area contributed by atoms with Crippen molar-refractivity contribution in [3.63, 3.8) is 0 Å². The molecule has 4 nitrogen and oxygen atoms in total. The summed E-state index contributed by atoms with van der Waals surface area (Å²) in [4.78, 5) is 13.0. The molecule has 0 amide bonds. The van der Waals surface area contributed by atoms with Crippen molar-refractivity contribution < 1.29 is 14.3 Å². The van der Waals surface area contributed by atoms with E-state index in [2.05, 4.69) is 57.6 Å². The van der Waals surface area contributed by atoms with E-state index in [0.717, 1.165) is 21.2 Å². The molecule has 5 heteroatoms. The summed E-state index contributed by atoms with van der Waals surface area (Å²) < 4.78 is 12.1. The van der Waals surface area contributed by atoms with Crippen LogP contribution in [0, 0.1) is 0 Å². The molecule has 0 saturated carbocycles. The van der Waals surface area contributed by atoms with Gasteiger partial charge in [0.2, 0.25) is 0 Å². The third-order valence-corrected chi connectivity index (χ3v) is 6.20. The van der Waals surface area contributed by atoms with Crippen molar-refractivity contribution in [3.05, 3.63) is 136 Å². The predicted octanol–water partition coefficient (Wildman–Crippen LogP) is 5.95. The maximum atomic E-state index is 13.0. The molecule has 0 bridgehead atoms. The summed E-state index contributed by atoms with van der Waals surface area (Å²) in [6.45, 7) is 0.0946. The van der Waals surface area contributed by atoms with Crippen molar-refractivity contribution >= 4 is 21.9 Å². The summed E-state index contributed by atoms with van der Waals surface area (Å²) in [6, 6.07) is 37.2. The van der Waals surface area contributed by atoms with E-state index in [-0.39, 0.29) is 6.61 Å². The summed E-state index contributed by atoms with van der Waals surface area (Å²) in [5.41, 5.74) is 2.19. The number of hydrogen-bond acceptors (Lipinski definition) is 4. The van der Waals surface area contributed by atoms with Gasteiger partial charge in [0, 0.05) is 4.47 Å². The normalized spacial score (nSPS) is 12.1. The van der Waals surface area contributed by atoms with E-state index in [1.165, 1.54) is 7.11 Å². The lowest BCUT2D eigenvalue weighted by Crippen LogP contribution is -2.55. The van der Waals surface area contributed by atoms with Crippen LogP contribution in [0.25, 0.3) is 0 Å². The van der Waals surface area contributed by atoms with E-state index in [4.69, 9.17) is 9.47 Å². The van der Waals surface area contributed by atoms with E-state index < -0.39 is 17.6 Å². The summed E-state index contributed by atoms with van der Waals surface area (Å²) in [5.74, 6) is 0.261. The lowest BCUT2D eigenvalue weighted by atomic mass is 9.76. The van der Waals surface area contributed by atoms with Crippen LogP contribution in [-0.2, 0) is 15.1 Å². The van der Waals surface area contributed by atoms with Crippen molar-refractivity contribution in [2.24, 2.45) is 0 Å². The molecule has 0 spiro atoms. The van der Waals surface area contributed by atoms with E-state index in [0.29, 0.717) is 5.75 Å². The van der Waals surface area contributed by atoms with Gasteiger partial charge in [-0.05, 0) is 34.9 Å². The second-order valence-electron chi connectivity index (χ2n) is 7.84. The molecule has 0 saturated heterocycles. The van der Waals surface area contributed by atoms with Crippen molar-refractivity contribution in [1.82, 2.24) is 5.32 Å². The van der Waals surface area contributed by atoms with E-state index >= 15 is 0 Å². The first kappa shape index (κ1) is 23.7. The summed E-state index contributed by atoms with van der Waals surface area (Å²) >= 11 is 3.47. The molecule has 4 aromatic carbocycles. The number of carbonyl (C=O) groups excluding carboxylic acids is 1. The third-order valence-electron chi connectivity index (χ3n) is 5.71. The highest BCUT2D eigenvalue weighted by atomic mass is 79.9. The second kappa shape index (κ2) is 11.1. The van der Waals surface area contributed by atoms with Gasteiger partial charge in [0.05, 0.1) is 12.6 Å². The van der Waals surface area contributed by atoms with Crippen LogP contribution in [0.4, 0.5) is 0 Å². The van der Waals surface area contributed by atoms with Crippen LogP contribution in [0.3, 0.4) is 0 Å². The molecule has 0 aliphatic rings. The Balaban J connectivity index is 1.82. The minimum Gasteiger partial charge on any atom is -0.491 e. The molecule has 4 aromatic rings. The Morgan fingerprint density at radius 2 is 1.29 bits per heavy atom. The van der Waals surface area contributed by atoms with Gasteiger partial charge in [-0.25, -0.2) is 0 Å². The lowest BCUT2D eigenvalue weighted by molar-refractivity contribution is -0.144. The molecule has 4 rings (SSSR count). The summed E-state index contributed by atoms with van der Waals surface area (Å²) in [5, 5.41) is 3.64. The van der Waals surface area contributed by atoms with Gasteiger partial charge >= 0.3 is 5.97 Å². The largest absolute Gasteiger partial charge is 0.491 e. The number of methoxy groups -OCH3 is 1. The van der Waals surface area contributed by atoms with Crippen molar-refractivity contribution in [2.45, 2.75) is 11.6 Å². The molecule has 34 heavy (non-hydrogen) atoms. The average Bonchev–Trinajstić information content (AvgIpc) is 2.90. The molecule has 1 unspecified atom stereocenters. The number of rotatable bonds is 9. The molecule has 1 N–H and O–H groups in total. The molecule has 0 fully saturated rings. The number of benzene rings is 4. The number of halogens is 1. The molecule has 0 aliphatic carbocycles. The fraction of sp³-hybridized carbons (Fsp3) is 0.138. The Labute approximate surface area is 208 Å². The number of esters is 1. The Kier molecular flexibility index (Phi) is 7.78. The smallest absolute Gasteiger partial charge is 0.326 e. The molecule has 0 heterocycles. The van der Waals surface area contributed by atoms with E-state index in [9.17, 15) is 4.79 Å². The van der Waals surface area contributed by atoms with Gasteiger partial charge < -0.3 is 9.47 Å². The average molecular weight is 516 g/mol. The van der Waals surface area contributed by atoms with Gasteiger partial charge in [-0.1, -0.05) is 113 Å². The second-order valence-corrected chi connectivity index (χ2v) is 8.75. The molecule has 0 radical (unpaired) electrons. The molecule has 1 atom stereocenters. The van der Waals surface area contributed by atoms with Gasteiger partial charge in [-0.3, -0.25) is 10.1 Å². The quantitative estimate of drug-likeness (QED) is 0.221. The van der Waals surface area contributed by atoms with Gasteiger partial charge in [0.25, 0.3) is 0 Å². The first-order chi connectivity index (χ1) is 16.6. The molecule has 0 aromatic heterocycles. The van der Waals surface area contributed by atoms with Crippen LogP contribution < -0.4 is 10.1 Å². The summed E-state index contributed by atoms with van der Waals surface area (Å²) in [7, 11) is 1.39. The Hall–Kier alpha value is -3.41. The number of carbonyl (C=O) groups is 1. The van der Waals surface area contributed by atoms with Crippen LogP contribution in [0.1, 0.15) is 16.7 Å². The fourth-order valence-electron chi connectivity index (χ4n) is 4.12. The molecular formula is C29H26BrNO3. The Morgan fingerprint density at radius 3 is 1.74 bits per heavy atom. The Bertz CT molecular complexity index is 1100. The first-order valence-electron chi connectivity index (χ1n) is 11.0. The molecule has 0 aliphatic heterocycles. The molecule has 172 valence electrons.